The normalized spacial score (nSPS) is 17.7. The number of piperidine rings is 1. The molecule has 128 valence electrons. The van der Waals surface area contributed by atoms with Crippen LogP contribution >= 0.6 is 0 Å². The molecule has 1 aliphatic rings. The molecule has 1 unspecified atom stereocenters. The zero-order valence-corrected chi connectivity index (χ0v) is 14.2. The summed E-state index contributed by atoms with van der Waals surface area (Å²) in [4.78, 5) is 18.8. The number of benzene rings is 1. The number of aromatic nitrogens is 1. The SMILES string of the molecule is CCC1CCCCN1C(=O)NCCc1coc(-c2ccccc2)n1. The minimum atomic E-state index is 0.0494. The van der Waals surface area contributed by atoms with Crippen LogP contribution in [0.15, 0.2) is 41.0 Å². The molecule has 1 N–H and O–H groups in total. The van der Waals surface area contributed by atoms with E-state index < -0.39 is 0 Å². The maximum atomic E-state index is 12.4. The van der Waals surface area contributed by atoms with Crippen LogP contribution in [0.1, 0.15) is 38.3 Å². The Kier molecular flexibility index (Phi) is 5.51. The molecule has 0 saturated carbocycles. The lowest BCUT2D eigenvalue weighted by Gasteiger charge is -2.35. The molecule has 1 aromatic carbocycles. The third-order valence-corrected chi connectivity index (χ3v) is 4.59. The summed E-state index contributed by atoms with van der Waals surface area (Å²) in [6, 6.07) is 10.3. The highest BCUT2D eigenvalue weighted by Crippen LogP contribution is 2.20. The first-order valence-electron chi connectivity index (χ1n) is 8.82. The Hall–Kier alpha value is -2.30. The Balaban J connectivity index is 1.50. The Labute approximate surface area is 143 Å². The highest BCUT2D eigenvalue weighted by molar-refractivity contribution is 5.74. The first-order chi connectivity index (χ1) is 11.8. The van der Waals surface area contributed by atoms with Crippen LogP contribution < -0.4 is 5.32 Å². The summed E-state index contributed by atoms with van der Waals surface area (Å²) in [5.41, 5.74) is 1.83. The fourth-order valence-electron chi connectivity index (χ4n) is 3.23. The van der Waals surface area contributed by atoms with Crippen molar-refractivity contribution in [1.82, 2.24) is 15.2 Å². The predicted molar refractivity (Wildman–Crippen MR) is 93.7 cm³/mol. The molecular formula is C19H25N3O2. The Morgan fingerprint density at radius 2 is 2.17 bits per heavy atom. The van der Waals surface area contributed by atoms with Crippen molar-refractivity contribution in [3.05, 3.63) is 42.3 Å². The van der Waals surface area contributed by atoms with Crippen molar-refractivity contribution in [3.63, 3.8) is 0 Å². The van der Waals surface area contributed by atoms with Crippen molar-refractivity contribution in [3.8, 4) is 11.5 Å². The number of amides is 2. The minimum Gasteiger partial charge on any atom is -0.444 e. The molecule has 0 radical (unpaired) electrons. The number of nitrogens with zero attached hydrogens (tertiary/aromatic N) is 2. The number of hydrogen-bond acceptors (Lipinski definition) is 3. The third-order valence-electron chi connectivity index (χ3n) is 4.59. The van der Waals surface area contributed by atoms with Gasteiger partial charge in [0.1, 0.15) is 6.26 Å². The van der Waals surface area contributed by atoms with Crippen molar-refractivity contribution >= 4 is 6.03 Å². The number of urea groups is 1. The van der Waals surface area contributed by atoms with Gasteiger partial charge in [0.2, 0.25) is 5.89 Å². The zero-order chi connectivity index (χ0) is 16.8. The van der Waals surface area contributed by atoms with Crippen molar-refractivity contribution in [2.75, 3.05) is 13.1 Å². The Morgan fingerprint density at radius 1 is 1.33 bits per heavy atom. The number of nitrogens with one attached hydrogen (secondary N) is 1. The van der Waals surface area contributed by atoms with Gasteiger partial charge >= 0.3 is 6.03 Å². The Morgan fingerprint density at radius 3 is 2.96 bits per heavy atom. The number of carbonyl (C=O) groups excluding carboxylic acids is 1. The van der Waals surface area contributed by atoms with Crippen LogP contribution in [0.4, 0.5) is 4.79 Å². The molecule has 3 rings (SSSR count). The highest BCUT2D eigenvalue weighted by Gasteiger charge is 2.24. The van der Waals surface area contributed by atoms with E-state index in [2.05, 4.69) is 17.2 Å². The van der Waals surface area contributed by atoms with Crippen LogP contribution in [0, 0.1) is 0 Å². The molecule has 2 aromatic rings. The van der Waals surface area contributed by atoms with E-state index in [1.807, 2.05) is 35.2 Å². The van der Waals surface area contributed by atoms with Gasteiger partial charge in [-0.2, -0.15) is 0 Å². The van der Waals surface area contributed by atoms with Gasteiger partial charge in [-0.3, -0.25) is 0 Å². The first kappa shape index (κ1) is 16.6. The van der Waals surface area contributed by atoms with E-state index in [1.165, 1.54) is 6.42 Å². The summed E-state index contributed by atoms with van der Waals surface area (Å²) in [6.45, 7) is 3.59. The van der Waals surface area contributed by atoms with Crippen molar-refractivity contribution < 1.29 is 9.21 Å². The number of hydrogen-bond donors (Lipinski definition) is 1. The summed E-state index contributed by atoms with van der Waals surface area (Å²) in [5.74, 6) is 0.624. The molecule has 1 saturated heterocycles. The van der Waals surface area contributed by atoms with Crippen LogP contribution in [-0.4, -0.2) is 35.0 Å². The van der Waals surface area contributed by atoms with Crippen LogP contribution in [0.2, 0.25) is 0 Å². The maximum Gasteiger partial charge on any atom is 0.317 e. The molecule has 5 heteroatoms. The summed E-state index contributed by atoms with van der Waals surface area (Å²) < 4.78 is 5.52. The maximum absolute atomic E-state index is 12.4. The van der Waals surface area contributed by atoms with Gasteiger partial charge in [0.15, 0.2) is 0 Å². The molecule has 1 aliphatic heterocycles. The second kappa shape index (κ2) is 7.99. The van der Waals surface area contributed by atoms with E-state index in [4.69, 9.17) is 4.42 Å². The van der Waals surface area contributed by atoms with Gasteiger partial charge in [0.05, 0.1) is 5.69 Å². The quantitative estimate of drug-likeness (QED) is 0.907. The van der Waals surface area contributed by atoms with E-state index in [9.17, 15) is 4.79 Å². The van der Waals surface area contributed by atoms with E-state index in [1.54, 1.807) is 6.26 Å². The summed E-state index contributed by atoms with van der Waals surface area (Å²) in [6.07, 6.45) is 6.82. The molecule has 1 aromatic heterocycles. The van der Waals surface area contributed by atoms with Gasteiger partial charge in [0.25, 0.3) is 0 Å². The molecule has 2 heterocycles. The monoisotopic (exact) mass is 327 g/mol. The number of rotatable bonds is 5. The molecule has 0 aliphatic carbocycles. The van der Waals surface area contributed by atoms with Gasteiger partial charge in [-0.05, 0) is 37.8 Å². The fraction of sp³-hybridized carbons (Fsp3) is 0.474. The molecule has 0 bridgehead atoms. The van der Waals surface area contributed by atoms with Crippen LogP contribution in [0.5, 0.6) is 0 Å². The second-order valence-corrected chi connectivity index (χ2v) is 6.24. The zero-order valence-electron chi connectivity index (χ0n) is 14.2. The van der Waals surface area contributed by atoms with Crippen LogP contribution in [0.3, 0.4) is 0 Å². The lowest BCUT2D eigenvalue weighted by atomic mass is 10.0. The van der Waals surface area contributed by atoms with Crippen molar-refractivity contribution in [2.45, 2.75) is 45.1 Å². The van der Waals surface area contributed by atoms with Gasteiger partial charge in [0, 0.05) is 31.1 Å². The van der Waals surface area contributed by atoms with Crippen LogP contribution in [0.25, 0.3) is 11.5 Å². The van der Waals surface area contributed by atoms with E-state index in [0.29, 0.717) is 24.9 Å². The summed E-state index contributed by atoms with van der Waals surface area (Å²) in [7, 11) is 0. The molecular weight excluding hydrogens is 302 g/mol. The van der Waals surface area contributed by atoms with E-state index >= 15 is 0 Å². The lowest BCUT2D eigenvalue weighted by Crippen LogP contribution is -2.48. The second-order valence-electron chi connectivity index (χ2n) is 6.24. The standard InChI is InChI=1S/C19H25N3O2/c1-2-17-10-6-7-13-22(17)19(23)20-12-11-16-14-24-18(21-16)15-8-4-3-5-9-15/h3-5,8-9,14,17H,2,6-7,10-13H2,1H3,(H,20,23). The topological polar surface area (TPSA) is 58.4 Å². The van der Waals surface area contributed by atoms with Gasteiger partial charge in [-0.1, -0.05) is 25.1 Å². The minimum absolute atomic E-state index is 0.0494. The lowest BCUT2D eigenvalue weighted by molar-refractivity contribution is 0.149. The fourth-order valence-corrected chi connectivity index (χ4v) is 3.23. The molecule has 1 atom stereocenters. The molecule has 2 amide bonds. The number of oxazole rings is 1. The third kappa shape index (κ3) is 3.96. The summed E-state index contributed by atoms with van der Waals surface area (Å²) in [5, 5.41) is 3.02. The van der Waals surface area contributed by atoms with Gasteiger partial charge in [-0.25, -0.2) is 9.78 Å². The number of likely N-dealkylation sites (tertiary alicyclic amines) is 1. The van der Waals surface area contributed by atoms with Crippen LogP contribution in [-0.2, 0) is 6.42 Å². The molecule has 24 heavy (non-hydrogen) atoms. The van der Waals surface area contributed by atoms with E-state index in [-0.39, 0.29) is 6.03 Å². The average Bonchev–Trinajstić information content (AvgIpc) is 3.11. The largest absolute Gasteiger partial charge is 0.444 e. The molecule has 5 nitrogen and oxygen atoms in total. The average molecular weight is 327 g/mol. The van der Waals surface area contributed by atoms with Gasteiger partial charge < -0.3 is 14.6 Å². The van der Waals surface area contributed by atoms with E-state index in [0.717, 1.165) is 37.1 Å². The highest BCUT2D eigenvalue weighted by atomic mass is 16.3. The predicted octanol–water partition coefficient (Wildman–Crippen LogP) is 3.86. The number of carbonyl (C=O) groups is 1. The van der Waals surface area contributed by atoms with Gasteiger partial charge in [-0.15, -0.1) is 0 Å². The van der Waals surface area contributed by atoms with Crippen molar-refractivity contribution in [2.24, 2.45) is 0 Å². The first-order valence-corrected chi connectivity index (χ1v) is 8.82. The molecule has 0 spiro atoms. The summed E-state index contributed by atoms with van der Waals surface area (Å²) >= 11 is 0. The smallest absolute Gasteiger partial charge is 0.317 e. The van der Waals surface area contributed by atoms with Crippen molar-refractivity contribution in [1.29, 1.82) is 0 Å². The Bertz CT molecular complexity index is 654. The molecule has 1 fully saturated rings.